The number of morpholine rings is 1. The number of thioether (sulfide) groups is 1. The van der Waals surface area contributed by atoms with Gasteiger partial charge in [-0.05, 0) is 66.1 Å². The molecule has 0 saturated carbocycles. The van der Waals surface area contributed by atoms with Crippen LogP contribution < -0.4 is 10.0 Å². The van der Waals surface area contributed by atoms with Crippen molar-refractivity contribution in [1.29, 1.82) is 0 Å². The summed E-state index contributed by atoms with van der Waals surface area (Å²) in [6.45, 7) is 3.56. The van der Waals surface area contributed by atoms with Crippen LogP contribution in [0.3, 0.4) is 0 Å². The number of hydrogen-bond donors (Lipinski definition) is 2. The van der Waals surface area contributed by atoms with Crippen molar-refractivity contribution in [3.63, 3.8) is 0 Å². The van der Waals surface area contributed by atoms with Crippen LogP contribution in [-0.4, -0.2) is 77.2 Å². The average molecular weight is 747 g/mol. The van der Waals surface area contributed by atoms with Crippen LogP contribution in [0.2, 0.25) is 0 Å². The molecule has 0 radical (unpaired) electrons. The number of anilines is 1. The highest BCUT2D eigenvalue weighted by Gasteiger charge is 2.26. The number of nitrogens with one attached hydrogen (secondary N) is 2. The highest BCUT2D eigenvalue weighted by molar-refractivity contribution is 7.99. The second kappa shape index (κ2) is 16.1. The second-order valence-corrected chi connectivity index (χ2v) is 15.3. The molecule has 4 aromatic rings. The molecule has 50 heavy (non-hydrogen) atoms. The van der Waals surface area contributed by atoms with Gasteiger partial charge in [-0.2, -0.15) is 8.42 Å². The van der Waals surface area contributed by atoms with Crippen LogP contribution in [-0.2, 0) is 25.0 Å². The van der Waals surface area contributed by atoms with Gasteiger partial charge in [0.1, 0.15) is 16.4 Å². The van der Waals surface area contributed by atoms with E-state index in [4.69, 9.17) is 4.74 Å². The lowest BCUT2D eigenvalue weighted by Crippen LogP contribution is -2.39. The molecule has 0 bridgehead atoms. The number of hydrogen-bond acceptors (Lipinski definition) is 11. The molecule has 2 N–H and O–H groups in total. The Hall–Kier alpha value is -4.42. The summed E-state index contributed by atoms with van der Waals surface area (Å²) >= 11 is 1.59. The van der Waals surface area contributed by atoms with E-state index in [1.54, 1.807) is 11.8 Å². The first kappa shape index (κ1) is 36.9. The van der Waals surface area contributed by atoms with Crippen LogP contribution in [0.15, 0.2) is 106 Å². The van der Waals surface area contributed by atoms with E-state index in [0.717, 1.165) is 42.7 Å². The van der Waals surface area contributed by atoms with Gasteiger partial charge in [0.25, 0.3) is 21.6 Å². The molecule has 1 saturated heterocycles. The van der Waals surface area contributed by atoms with Gasteiger partial charge >= 0.3 is 10.2 Å². The summed E-state index contributed by atoms with van der Waals surface area (Å²) in [6, 6.07) is 20.8. The summed E-state index contributed by atoms with van der Waals surface area (Å²) in [6.07, 6.45) is 0.656. The summed E-state index contributed by atoms with van der Waals surface area (Å²) in [5.74, 6) is -1.74. The first-order chi connectivity index (χ1) is 23.8. The summed E-state index contributed by atoms with van der Waals surface area (Å²) in [5.41, 5.74) is -0.0611. The third-order valence-electron chi connectivity index (χ3n) is 7.83. The third-order valence-corrected chi connectivity index (χ3v) is 11.2. The number of carbonyl (C=O) groups excluding carboxylic acids is 1. The fourth-order valence-electron chi connectivity index (χ4n) is 5.17. The van der Waals surface area contributed by atoms with E-state index in [9.17, 15) is 40.0 Å². The average Bonchev–Trinajstić information content (AvgIpc) is 3.10. The molecule has 1 fully saturated rings. The first-order valence-electron chi connectivity index (χ1n) is 15.2. The van der Waals surface area contributed by atoms with Crippen LogP contribution in [0, 0.1) is 15.9 Å². The fourth-order valence-corrected chi connectivity index (χ4v) is 7.72. The molecule has 0 spiro atoms. The lowest BCUT2D eigenvalue weighted by atomic mass is 10.0. The molecule has 0 aliphatic carbocycles. The predicted molar refractivity (Wildman–Crippen MR) is 184 cm³/mol. The molecule has 5 rings (SSSR count). The molecule has 1 aliphatic heterocycles. The molecule has 1 atom stereocenters. The Morgan fingerprint density at radius 3 is 2.28 bits per heavy atom. The van der Waals surface area contributed by atoms with Gasteiger partial charge < -0.3 is 10.1 Å². The van der Waals surface area contributed by atoms with Crippen LogP contribution >= 0.6 is 11.8 Å². The molecule has 12 nitrogen and oxygen atoms in total. The largest absolute Gasteiger partial charge is 0.379 e. The molecule has 4 aromatic carbocycles. The molecular formula is C33H32F2N4O8S3. The van der Waals surface area contributed by atoms with Gasteiger partial charge in [0.15, 0.2) is 0 Å². The Balaban J connectivity index is 1.31. The van der Waals surface area contributed by atoms with Gasteiger partial charge in [-0.25, -0.2) is 17.5 Å². The van der Waals surface area contributed by atoms with Crippen molar-refractivity contribution in [2.45, 2.75) is 27.1 Å². The SMILES string of the molecule is O=C(NS(=O)(=O)c1ccc(NC(CCN2CCOCC2)CSc2ccccc2)c([N+](=O)[O-])c1)c1ccc(-c2ccc(F)c(S(=O)(=O)F)c2)cc1. The topological polar surface area (TPSA) is 165 Å². The summed E-state index contributed by atoms with van der Waals surface area (Å²) in [5, 5.41) is 15.4. The van der Waals surface area contributed by atoms with Gasteiger partial charge in [0.05, 0.1) is 23.0 Å². The summed E-state index contributed by atoms with van der Waals surface area (Å²) in [7, 11) is -9.90. The second-order valence-electron chi connectivity index (χ2n) is 11.2. The number of nitro groups is 1. The van der Waals surface area contributed by atoms with Crippen molar-refractivity contribution in [1.82, 2.24) is 9.62 Å². The Labute approximate surface area is 292 Å². The number of halogens is 2. The maximum atomic E-state index is 13.8. The molecule has 1 amide bonds. The van der Waals surface area contributed by atoms with Crippen LogP contribution in [0.4, 0.5) is 19.7 Å². The number of ether oxygens (including phenoxy) is 1. The minimum absolute atomic E-state index is 0.121. The van der Waals surface area contributed by atoms with Crippen molar-refractivity contribution < 1.29 is 39.6 Å². The highest BCUT2D eigenvalue weighted by Crippen LogP contribution is 2.31. The molecular weight excluding hydrogens is 715 g/mol. The van der Waals surface area contributed by atoms with Crippen molar-refractivity contribution in [3.8, 4) is 11.1 Å². The van der Waals surface area contributed by atoms with E-state index in [0.29, 0.717) is 31.0 Å². The van der Waals surface area contributed by atoms with E-state index >= 15 is 0 Å². The minimum Gasteiger partial charge on any atom is -0.379 e. The number of rotatable bonds is 14. The normalized spacial score (nSPS) is 14.5. The van der Waals surface area contributed by atoms with Gasteiger partial charge in [0, 0.05) is 48.0 Å². The zero-order valence-electron chi connectivity index (χ0n) is 26.3. The lowest BCUT2D eigenvalue weighted by Gasteiger charge is -2.29. The number of amides is 1. The highest BCUT2D eigenvalue weighted by atomic mass is 32.3. The molecule has 1 aliphatic rings. The number of carbonyl (C=O) groups is 1. The Morgan fingerprint density at radius 1 is 0.940 bits per heavy atom. The standard InChI is InChI=1S/C33H32F2N4O8S3/c34-29-12-10-25(20-32(29)49(35,43)44)23-6-8-24(9-7-23)33(40)37-50(45,46)28-11-13-30(31(21-28)39(41)42)36-26(14-15-38-16-18-47-19-17-38)22-48-27-4-2-1-3-5-27/h1-13,20-21,26,36H,14-19,22H2,(H,37,40). The Kier molecular flexibility index (Phi) is 11.8. The number of nitro benzene ring substituents is 1. The van der Waals surface area contributed by atoms with Gasteiger partial charge in [-0.15, -0.1) is 15.6 Å². The first-order valence-corrected chi connectivity index (χ1v) is 19.1. The maximum absolute atomic E-state index is 13.8. The fraction of sp³-hybridized carbons (Fsp3) is 0.242. The number of benzene rings is 4. The summed E-state index contributed by atoms with van der Waals surface area (Å²) < 4.78 is 83.5. The molecule has 1 unspecified atom stereocenters. The van der Waals surface area contributed by atoms with E-state index < -0.39 is 52.4 Å². The van der Waals surface area contributed by atoms with Gasteiger partial charge in [0.2, 0.25) is 0 Å². The van der Waals surface area contributed by atoms with E-state index in [-0.39, 0.29) is 22.9 Å². The Bertz CT molecular complexity index is 2060. The number of sulfonamides is 1. The monoisotopic (exact) mass is 746 g/mol. The van der Waals surface area contributed by atoms with Gasteiger partial charge in [-0.3, -0.25) is 19.8 Å². The van der Waals surface area contributed by atoms with Crippen LogP contribution in [0.5, 0.6) is 0 Å². The lowest BCUT2D eigenvalue weighted by molar-refractivity contribution is -0.384. The van der Waals surface area contributed by atoms with E-state index in [1.165, 1.54) is 42.5 Å². The smallest absolute Gasteiger partial charge is 0.335 e. The quantitative estimate of drug-likeness (QED) is 0.0728. The predicted octanol–water partition coefficient (Wildman–Crippen LogP) is 5.47. The van der Waals surface area contributed by atoms with Crippen molar-refractivity contribution >= 4 is 49.3 Å². The minimum atomic E-state index is -5.33. The molecule has 0 aromatic heterocycles. The molecule has 17 heteroatoms. The molecule has 1 heterocycles. The van der Waals surface area contributed by atoms with Crippen molar-refractivity contribution in [2.24, 2.45) is 0 Å². The van der Waals surface area contributed by atoms with E-state index in [1.807, 2.05) is 35.1 Å². The molecule has 264 valence electrons. The number of nitrogens with zero attached hydrogens (tertiary/aromatic N) is 2. The van der Waals surface area contributed by atoms with Gasteiger partial charge in [-0.1, -0.05) is 36.4 Å². The van der Waals surface area contributed by atoms with Crippen molar-refractivity contribution in [3.05, 3.63) is 112 Å². The maximum Gasteiger partial charge on any atom is 0.335 e. The van der Waals surface area contributed by atoms with Crippen LogP contribution in [0.25, 0.3) is 11.1 Å². The van der Waals surface area contributed by atoms with Crippen molar-refractivity contribution in [2.75, 3.05) is 43.9 Å². The Morgan fingerprint density at radius 2 is 1.62 bits per heavy atom. The van der Waals surface area contributed by atoms with E-state index in [2.05, 4.69) is 10.2 Å². The zero-order valence-corrected chi connectivity index (χ0v) is 28.8. The summed E-state index contributed by atoms with van der Waals surface area (Å²) in [4.78, 5) is 26.0. The zero-order chi connectivity index (χ0) is 35.9. The third kappa shape index (κ3) is 9.63. The van der Waals surface area contributed by atoms with Crippen LogP contribution in [0.1, 0.15) is 16.8 Å².